The number of nitrogens with zero attached hydrogens (tertiary/aromatic N) is 3. The lowest BCUT2D eigenvalue weighted by molar-refractivity contribution is -0.384. The van der Waals surface area contributed by atoms with E-state index in [0.29, 0.717) is 25.4 Å². The predicted molar refractivity (Wildman–Crippen MR) is 108 cm³/mol. The van der Waals surface area contributed by atoms with Gasteiger partial charge < -0.3 is 19.9 Å². The fourth-order valence-corrected chi connectivity index (χ4v) is 3.38. The number of benzene rings is 2. The zero-order valence-electron chi connectivity index (χ0n) is 16.1. The number of anilines is 2. The molecule has 0 radical (unpaired) electrons. The predicted octanol–water partition coefficient (Wildman–Crippen LogP) is 2.43. The number of carbonyl (C=O) groups is 1. The highest BCUT2D eigenvalue weighted by Crippen LogP contribution is 2.28. The summed E-state index contributed by atoms with van der Waals surface area (Å²) in [6, 6.07) is 12.5. The fraction of sp³-hybridized carbons (Fsp3) is 0.350. The van der Waals surface area contributed by atoms with E-state index in [1.54, 1.807) is 6.07 Å². The molecule has 0 aliphatic carbocycles. The van der Waals surface area contributed by atoms with Crippen molar-refractivity contribution in [2.45, 2.75) is 6.54 Å². The van der Waals surface area contributed by atoms with Crippen LogP contribution in [0.15, 0.2) is 42.5 Å². The number of ether oxygens (including phenoxy) is 1. The van der Waals surface area contributed by atoms with Crippen LogP contribution in [0.5, 0.6) is 0 Å². The van der Waals surface area contributed by atoms with Gasteiger partial charge in [0, 0.05) is 51.5 Å². The normalized spacial score (nSPS) is 13.9. The average Bonchev–Trinajstić information content (AvgIpc) is 2.73. The molecule has 2 aromatic rings. The van der Waals surface area contributed by atoms with E-state index in [9.17, 15) is 14.9 Å². The Labute approximate surface area is 163 Å². The first kappa shape index (κ1) is 19.6. The van der Waals surface area contributed by atoms with E-state index in [-0.39, 0.29) is 17.2 Å². The molecule has 2 aromatic carbocycles. The molecular formula is C20H24N4O4. The number of hydrogen-bond acceptors (Lipinski definition) is 6. The van der Waals surface area contributed by atoms with Gasteiger partial charge in [-0.2, -0.15) is 0 Å². The topological polar surface area (TPSA) is 87.9 Å². The molecule has 28 heavy (non-hydrogen) atoms. The Morgan fingerprint density at radius 3 is 2.64 bits per heavy atom. The smallest absolute Gasteiger partial charge is 0.270 e. The van der Waals surface area contributed by atoms with Crippen molar-refractivity contribution in [2.75, 3.05) is 50.2 Å². The van der Waals surface area contributed by atoms with Crippen LogP contribution in [-0.2, 0) is 11.3 Å². The minimum absolute atomic E-state index is 0.107. The molecule has 0 bridgehead atoms. The van der Waals surface area contributed by atoms with Crippen molar-refractivity contribution in [3.05, 3.63) is 63.7 Å². The Morgan fingerprint density at radius 1 is 1.25 bits per heavy atom. The maximum atomic E-state index is 12.3. The van der Waals surface area contributed by atoms with Gasteiger partial charge in [0.05, 0.1) is 29.4 Å². The number of nitrogens with one attached hydrogen (secondary N) is 1. The van der Waals surface area contributed by atoms with Crippen molar-refractivity contribution in [2.24, 2.45) is 0 Å². The first-order valence-corrected chi connectivity index (χ1v) is 9.13. The van der Waals surface area contributed by atoms with E-state index >= 15 is 0 Å². The zero-order chi connectivity index (χ0) is 20.1. The molecule has 0 unspecified atom stereocenters. The maximum absolute atomic E-state index is 12.3. The van der Waals surface area contributed by atoms with Crippen molar-refractivity contribution < 1.29 is 14.5 Å². The third kappa shape index (κ3) is 4.23. The van der Waals surface area contributed by atoms with Gasteiger partial charge in [0.15, 0.2) is 0 Å². The number of para-hydroxylation sites is 1. The Bertz CT molecular complexity index is 865. The summed E-state index contributed by atoms with van der Waals surface area (Å²) in [5, 5.41) is 13.7. The SMILES string of the molecule is CNC(=O)c1cc([N+](=O)[O-])ccc1N(C)Cc1ccccc1N1CCOCC1. The van der Waals surface area contributed by atoms with Crippen LogP contribution in [0.3, 0.4) is 0 Å². The lowest BCUT2D eigenvalue weighted by Gasteiger charge is -2.32. The first-order chi connectivity index (χ1) is 13.5. The molecular weight excluding hydrogens is 360 g/mol. The second kappa shape index (κ2) is 8.71. The highest BCUT2D eigenvalue weighted by molar-refractivity contribution is 6.00. The van der Waals surface area contributed by atoms with Crippen LogP contribution in [-0.4, -0.2) is 51.2 Å². The highest BCUT2D eigenvalue weighted by Gasteiger charge is 2.20. The van der Waals surface area contributed by atoms with Crippen LogP contribution in [0.1, 0.15) is 15.9 Å². The van der Waals surface area contributed by atoms with Gasteiger partial charge in [-0.05, 0) is 17.7 Å². The molecule has 1 amide bonds. The third-order valence-corrected chi connectivity index (χ3v) is 4.82. The summed E-state index contributed by atoms with van der Waals surface area (Å²) in [4.78, 5) is 27.1. The van der Waals surface area contributed by atoms with Crippen LogP contribution >= 0.6 is 0 Å². The number of carbonyl (C=O) groups excluding carboxylic acids is 1. The van der Waals surface area contributed by atoms with Crippen molar-refractivity contribution in [1.82, 2.24) is 5.32 Å². The Morgan fingerprint density at radius 2 is 1.96 bits per heavy atom. The molecule has 1 aliphatic heterocycles. The van der Waals surface area contributed by atoms with Gasteiger partial charge in [-0.15, -0.1) is 0 Å². The van der Waals surface area contributed by atoms with Gasteiger partial charge in [0.2, 0.25) is 0 Å². The van der Waals surface area contributed by atoms with Gasteiger partial charge in [0.25, 0.3) is 11.6 Å². The summed E-state index contributed by atoms with van der Waals surface area (Å²) in [6.45, 7) is 3.64. The summed E-state index contributed by atoms with van der Waals surface area (Å²) in [6.07, 6.45) is 0. The van der Waals surface area contributed by atoms with Gasteiger partial charge in [0.1, 0.15) is 0 Å². The number of non-ortho nitro benzene ring substituents is 1. The number of amides is 1. The number of rotatable bonds is 6. The Kier molecular flexibility index (Phi) is 6.10. The molecule has 0 aromatic heterocycles. The van der Waals surface area contributed by atoms with Gasteiger partial charge in [-0.25, -0.2) is 0 Å². The van der Waals surface area contributed by atoms with Crippen molar-refractivity contribution in [1.29, 1.82) is 0 Å². The molecule has 0 atom stereocenters. The standard InChI is InChI=1S/C20H24N4O4/c1-21-20(25)17-13-16(24(26)27)7-8-19(17)22(2)14-15-5-3-4-6-18(15)23-9-11-28-12-10-23/h3-8,13H,9-12,14H2,1-2H3,(H,21,25). The number of morpholine rings is 1. The monoisotopic (exact) mass is 384 g/mol. The van der Waals surface area contributed by atoms with Gasteiger partial charge >= 0.3 is 0 Å². The summed E-state index contributed by atoms with van der Waals surface area (Å²) in [5.41, 5.74) is 3.07. The molecule has 3 rings (SSSR count). The molecule has 1 N–H and O–H groups in total. The Hall–Kier alpha value is -3.13. The summed E-state index contributed by atoms with van der Waals surface area (Å²) in [7, 11) is 3.39. The van der Waals surface area contributed by atoms with Crippen LogP contribution in [0.2, 0.25) is 0 Å². The third-order valence-electron chi connectivity index (χ3n) is 4.82. The first-order valence-electron chi connectivity index (χ1n) is 9.13. The van der Waals surface area contributed by atoms with Crippen LogP contribution < -0.4 is 15.1 Å². The highest BCUT2D eigenvalue weighted by atomic mass is 16.6. The lowest BCUT2D eigenvalue weighted by Crippen LogP contribution is -2.37. The van der Waals surface area contributed by atoms with E-state index in [2.05, 4.69) is 22.3 Å². The number of nitro benzene ring substituents is 1. The fourth-order valence-electron chi connectivity index (χ4n) is 3.38. The minimum Gasteiger partial charge on any atom is -0.378 e. The van der Waals surface area contributed by atoms with Gasteiger partial charge in [-0.1, -0.05) is 18.2 Å². The zero-order valence-corrected chi connectivity index (χ0v) is 16.1. The molecule has 8 heteroatoms. The number of nitro groups is 1. The summed E-state index contributed by atoms with van der Waals surface area (Å²) < 4.78 is 5.44. The molecule has 8 nitrogen and oxygen atoms in total. The molecule has 1 fully saturated rings. The number of hydrogen-bond donors (Lipinski definition) is 1. The van der Waals surface area contributed by atoms with E-state index < -0.39 is 4.92 Å². The minimum atomic E-state index is -0.496. The molecule has 1 saturated heterocycles. The quantitative estimate of drug-likeness (QED) is 0.608. The molecule has 1 heterocycles. The van der Waals surface area contributed by atoms with E-state index in [1.807, 2.05) is 24.1 Å². The Balaban J connectivity index is 1.90. The van der Waals surface area contributed by atoms with Crippen molar-refractivity contribution in [3.8, 4) is 0 Å². The van der Waals surface area contributed by atoms with Gasteiger partial charge in [-0.3, -0.25) is 14.9 Å². The molecule has 0 spiro atoms. The lowest BCUT2D eigenvalue weighted by atomic mass is 10.1. The van der Waals surface area contributed by atoms with E-state index in [1.165, 1.54) is 19.2 Å². The van der Waals surface area contributed by atoms with Crippen LogP contribution in [0.4, 0.5) is 17.1 Å². The molecule has 0 saturated carbocycles. The van der Waals surface area contributed by atoms with Crippen molar-refractivity contribution >= 4 is 23.0 Å². The molecule has 148 valence electrons. The molecule has 1 aliphatic rings. The van der Waals surface area contributed by atoms with Crippen LogP contribution in [0, 0.1) is 10.1 Å². The van der Waals surface area contributed by atoms with E-state index in [4.69, 9.17) is 4.74 Å². The second-order valence-electron chi connectivity index (χ2n) is 6.62. The van der Waals surface area contributed by atoms with E-state index in [0.717, 1.165) is 24.3 Å². The maximum Gasteiger partial charge on any atom is 0.270 e. The summed E-state index contributed by atoms with van der Waals surface area (Å²) in [5.74, 6) is -0.355. The van der Waals surface area contributed by atoms with Crippen LogP contribution in [0.25, 0.3) is 0 Å². The van der Waals surface area contributed by atoms with Crippen molar-refractivity contribution in [3.63, 3.8) is 0 Å². The largest absolute Gasteiger partial charge is 0.378 e. The average molecular weight is 384 g/mol. The summed E-state index contributed by atoms with van der Waals surface area (Å²) >= 11 is 0. The second-order valence-corrected chi connectivity index (χ2v) is 6.62.